The minimum absolute atomic E-state index is 0.580. The molecule has 1 aliphatic rings. The van der Waals surface area contributed by atoms with Crippen LogP contribution in [0.25, 0.3) is 0 Å². The van der Waals surface area contributed by atoms with Crippen molar-refractivity contribution in [3.05, 3.63) is 40.7 Å². The molecule has 0 bridgehead atoms. The van der Waals surface area contributed by atoms with Crippen LogP contribution in [-0.2, 0) is 6.54 Å². The second-order valence-corrected chi connectivity index (χ2v) is 6.13. The summed E-state index contributed by atoms with van der Waals surface area (Å²) in [6, 6.07) is 8.65. The largest absolute Gasteiger partial charge is 0.398 e. The van der Waals surface area contributed by atoms with E-state index in [0.717, 1.165) is 44.0 Å². The Labute approximate surface area is 123 Å². The maximum atomic E-state index is 5.91. The number of rotatable bonds is 4. The van der Waals surface area contributed by atoms with Crippen LogP contribution >= 0.6 is 11.3 Å². The number of aromatic nitrogens is 1. The highest BCUT2D eigenvalue weighted by Gasteiger charge is 2.19. The summed E-state index contributed by atoms with van der Waals surface area (Å²) in [5, 5.41) is 5.67. The summed E-state index contributed by atoms with van der Waals surface area (Å²) in [5.41, 5.74) is 6.82. The van der Waals surface area contributed by atoms with Gasteiger partial charge in [-0.15, -0.1) is 11.3 Å². The SMILES string of the molecule is Nc1ccsc1CNC1CCN(c2ccccn2)CC1. The summed E-state index contributed by atoms with van der Waals surface area (Å²) in [6.07, 6.45) is 4.17. The van der Waals surface area contributed by atoms with Crippen LogP contribution in [0.4, 0.5) is 11.5 Å². The van der Waals surface area contributed by atoms with Crippen LogP contribution in [-0.4, -0.2) is 24.1 Å². The highest BCUT2D eigenvalue weighted by Crippen LogP contribution is 2.20. The second-order valence-electron chi connectivity index (χ2n) is 5.13. The number of nitrogen functional groups attached to an aromatic ring is 1. The zero-order valence-electron chi connectivity index (χ0n) is 11.5. The van der Waals surface area contributed by atoms with Crippen LogP contribution in [0.3, 0.4) is 0 Å². The second kappa shape index (κ2) is 6.24. The molecule has 0 unspecified atom stereocenters. The molecule has 0 atom stereocenters. The number of nitrogens with two attached hydrogens (primary N) is 1. The van der Waals surface area contributed by atoms with Gasteiger partial charge in [0.1, 0.15) is 5.82 Å². The van der Waals surface area contributed by atoms with E-state index in [4.69, 9.17) is 5.73 Å². The first kappa shape index (κ1) is 13.4. The number of anilines is 2. The molecule has 0 spiro atoms. The number of hydrogen-bond donors (Lipinski definition) is 2. The van der Waals surface area contributed by atoms with Crippen LogP contribution in [0.5, 0.6) is 0 Å². The molecule has 3 rings (SSSR count). The fourth-order valence-corrected chi connectivity index (χ4v) is 3.33. The molecule has 5 heteroatoms. The number of hydrogen-bond acceptors (Lipinski definition) is 5. The molecule has 0 aromatic carbocycles. The molecule has 1 aliphatic heterocycles. The summed E-state index contributed by atoms with van der Waals surface area (Å²) in [4.78, 5) is 8.02. The fraction of sp³-hybridized carbons (Fsp3) is 0.400. The van der Waals surface area contributed by atoms with Gasteiger partial charge in [-0.1, -0.05) is 6.07 Å². The first-order chi connectivity index (χ1) is 9.83. The minimum atomic E-state index is 0.580. The van der Waals surface area contributed by atoms with E-state index in [0.29, 0.717) is 6.04 Å². The van der Waals surface area contributed by atoms with Crippen molar-refractivity contribution < 1.29 is 0 Å². The standard InChI is InChI=1S/C15H20N4S/c16-13-6-10-20-14(13)11-18-12-4-8-19(9-5-12)15-3-1-2-7-17-15/h1-3,6-7,10,12,18H,4-5,8-9,11,16H2. The van der Waals surface area contributed by atoms with E-state index in [1.165, 1.54) is 4.88 Å². The van der Waals surface area contributed by atoms with Gasteiger partial charge in [-0.2, -0.15) is 0 Å². The number of piperidine rings is 1. The highest BCUT2D eigenvalue weighted by molar-refractivity contribution is 7.10. The molecular formula is C15H20N4S. The van der Waals surface area contributed by atoms with E-state index in [1.54, 1.807) is 11.3 Å². The predicted octanol–water partition coefficient (Wildman–Crippen LogP) is 2.48. The van der Waals surface area contributed by atoms with E-state index in [-0.39, 0.29) is 0 Å². The van der Waals surface area contributed by atoms with Crippen molar-refractivity contribution in [1.29, 1.82) is 0 Å². The van der Waals surface area contributed by atoms with E-state index in [2.05, 4.69) is 26.6 Å². The van der Waals surface area contributed by atoms with Gasteiger partial charge in [-0.05, 0) is 36.4 Å². The lowest BCUT2D eigenvalue weighted by Crippen LogP contribution is -2.42. The van der Waals surface area contributed by atoms with E-state index < -0.39 is 0 Å². The molecule has 1 saturated heterocycles. The van der Waals surface area contributed by atoms with E-state index in [1.807, 2.05) is 24.4 Å². The van der Waals surface area contributed by atoms with Crippen molar-refractivity contribution >= 4 is 22.8 Å². The van der Waals surface area contributed by atoms with Crippen molar-refractivity contribution in [2.75, 3.05) is 23.7 Å². The number of nitrogens with one attached hydrogen (secondary N) is 1. The summed E-state index contributed by atoms with van der Waals surface area (Å²) in [6.45, 7) is 3.01. The zero-order valence-corrected chi connectivity index (χ0v) is 12.3. The van der Waals surface area contributed by atoms with Gasteiger partial charge in [0.2, 0.25) is 0 Å². The lowest BCUT2D eigenvalue weighted by atomic mass is 10.0. The summed E-state index contributed by atoms with van der Waals surface area (Å²) < 4.78 is 0. The Morgan fingerprint density at radius 1 is 1.30 bits per heavy atom. The number of nitrogens with zero attached hydrogens (tertiary/aromatic N) is 2. The normalized spacial score (nSPS) is 16.5. The number of thiophene rings is 1. The summed E-state index contributed by atoms with van der Waals surface area (Å²) in [5.74, 6) is 1.09. The predicted molar refractivity (Wildman–Crippen MR) is 85.0 cm³/mol. The Bertz CT molecular complexity index is 532. The molecule has 20 heavy (non-hydrogen) atoms. The lowest BCUT2D eigenvalue weighted by Gasteiger charge is -2.33. The Hall–Kier alpha value is -1.59. The molecule has 0 saturated carbocycles. The molecule has 3 N–H and O–H groups in total. The first-order valence-corrected chi connectivity index (χ1v) is 7.92. The minimum Gasteiger partial charge on any atom is -0.398 e. The van der Waals surface area contributed by atoms with Crippen LogP contribution in [0.15, 0.2) is 35.8 Å². The molecule has 0 aliphatic carbocycles. The smallest absolute Gasteiger partial charge is 0.128 e. The van der Waals surface area contributed by atoms with Crippen LogP contribution in [0, 0.1) is 0 Å². The molecule has 0 amide bonds. The molecule has 2 aromatic heterocycles. The summed E-state index contributed by atoms with van der Waals surface area (Å²) in [7, 11) is 0. The number of pyridine rings is 1. The van der Waals surface area contributed by atoms with Gasteiger partial charge < -0.3 is 16.0 Å². The Morgan fingerprint density at radius 2 is 2.15 bits per heavy atom. The maximum Gasteiger partial charge on any atom is 0.128 e. The van der Waals surface area contributed by atoms with Gasteiger partial charge in [0.05, 0.1) is 0 Å². The quantitative estimate of drug-likeness (QED) is 0.907. The van der Waals surface area contributed by atoms with Gasteiger partial charge in [0.15, 0.2) is 0 Å². The average molecular weight is 288 g/mol. The maximum absolute atomic E-state index is 5.91. The van der Waals surface area contributed by atoms with E-state index >= 15 is 0 Å². The third-order valence-corrected chi connectivity index (χ3v) is 4.74. The van der Waals surface area contributed by atoms with Gasteiger partial charge in [0.25, 0.3) is 0 Å². The van der Waals surface area contributed by atoms with Crippen molar-refractivity contribution in [2.24, 2.45) is 0 Å². The fourth-order valence-electron chi connectivity index (χ4n) is 2.58. The van der Waals surface area contributed by atoms with Crippen molar-refractivity contribution in [3.63, 3.8) is 0 Å². The van der Waals surface area contributed by atoms with Crippen molar-refractivity contribution in [2.45, 2.75) is 25.4 Å². The van der Waals surface area contributed by atoms with E-state index in [9.17, 15) is 0 Å². The lowest BCUT2D eigenvalue weighted by molar-refractivity contribution is 0.414. The Morgan fingerprint density at radius 3 is 2.80 bits per heavy atom. The molecular weight excluding hydrogens is 268 g/mol. The third-order valence-electron chi connectivity index (χ3n) is 3.80. The summed E-state index contributed by atoms with van der Waals surface area (Å²) >= 11 is 1.73. The monoisotopic (exact) mass is 288 g/mol. The van der Waals surface area contributed by atoms with Crippen molar-refractivity contribution in [3.8, 4) is 0 Å². The Balaban J connectivity index is 1.48. The molecule has 2 aromatic rings. The van der Waals surface area contributed by atoms with Crippen molar-refractivity contribution in [1.82, 2.24) is 10.3 Å². The first-order valence-electron chi connectivity index (χ1n) is 7.04. The van der Waals surface area contributed by atoms with Gasteiger partial charge in [0, 0.05) is 42.4 Å². The van der Waals surface area contributed by atoms with Gasteiger partial charge in [-0.3, -0.25) is 0 Å². The van der Waals surface area contributed by atoms with Gasteiger partial charge >= 0.3 is 0 Å². The molecule has 1 fully saturated rings. The van der Waals surface area contributed by atoms with Crippen LogP contribution in [0.2, 0.25) is 0 Å². The topological polar surface area (TPSA) is 54.2 Å². The molecule has 106 valence electrons. The molecule has 3 heterocycles. The highest BCUT2D eigenvalue weighted by atomic mass is 32.1. The molecule has 0 radical (unpaired) electrons. The van der Waals surface area contributed by atoms with Gasteiger partial charge in [-0.25, -0.2) is 4.98 Å². The van der Waals surface area contributed by atoms with Crippen LogP contribution < -0.4 is 16.0 Å². The zero-order chi connectivity index (χ0) is 13.8. The van der Waals surface area contributed by atoms with Crippen LogP contribution in [0.1, 0.15) is 17.7 Å². The third kappa shape index (κ3) is 3.11. The average Bonchev–Trinajstić information content (AvgIpc) is 2.92. The Kier molecular flexibility index (Phi) is 4.18. The molecule has 4 nitrogen and oxygen atoms in total.